The average molecular weight is 385 g/mol. The van der Waals surface area contributed by atoms with Gasteiger partial charge in [0.25, 0.3) is 0 Å². The molecule has 1 rings (SSSR count). The van der Waals surface area contributed by atoms with Gasteiger partial charge in [-0.25, -0.2) is 0 Å². The number of aliphatic hydroxyl groups is 4. The Morgan fingerprint density at radius 2 is 1.56 bits per heavy atom. The molecule has 0 aromatic heterocycles. The number of hydrogen-bond acceptors (Lipinski definition) is 6. The highest BCUT2D eigenvalue weighted by molar-refractivity contribution is 5.05. The van der Waals surface area contributed by atoms with E-state index in [1.807, 2.05) is 13.0 Å². The van der Waals surface area contributed by atoms with Gasteiger partial charge in [-0.3, -0.25) is 0 Å². The summed E-state index contributed by atoms with van der Waals surface area (Å²) in [4.78, 5) is 0. The van der Waals surface area contributed by atoms with Gasteiger partial charge in [0.2, 0.25) is 0 Å². The molecule has 1 saturated heterocycles. The topological polar surface area (TPSA) is 99.4 Å². The van der Waals surface area contributed by atoms with Crippen molar-refractivity contribution in [2.75, 3.05) is 13.2 Å². The van der Waals surface area contributed by atoms with Crippen LogP contribution in [0.4, 0.5) is 0 Å². The van der Waals surface area contributed by atoms with E-state index in [-0.39, 0.29) is 6.61 Å². The Morgan fingerprint density at radius 1 is 0.963 bits per heavy atom. The van der Waals surface area contributed by atoms with Crippen molar-refractivity contribution in [2.45, 2.75) is 84.1 Å². The summed E-state index contributed by atoms with van der Waals surface area (Å²) in [7, 11) is 0. The average Bonchev–Trinajstić information content (AvgIpc) is 2.89. The molecule has 4 N–H and O–H groups in total. The van der Waals surface area contributed by atoms with E-state index in [0.717, 1.165) is 25.7 Å². The molecule has 0 aromatic carbocycles. The van der Waals surface area contributed by atoms with E-state index in [0.29, 0.717) is 0 Å². The summed E-state index contributed by atoms with van der Waals surface area (Å²) in [5.41, 5.74) is 3.91. The highest BCUT2D eigenvalue weighted by Gasteiger charge is 2.46. The van der Waals surface area contributed by atoms with Crippen LogP contribution in [-0.4, -0.2) is 64.3 Å². The second-order valence-corrected chi connectivity index (χ2v) is 7.49. The Hall–Kier alpha value is -1.02. The van der Waals surface area contributed by atoms with Crippen LogP contribution < -0.4 is 0 Å². The van der Waals surface area contributed by atoms with Gasteiger partial charge >= 0.3 is 0 Å². The van der Waals surface area contributed by atoms with Crippen molar-refractivity contribution < 1.29 is 29.9 Å². The molecule has 0 aliphatic carbocycles. The van der Waals surface area contributed by atoms with Crippen LogP contribution in [0.15, 0.2) is 34.9 Å². The lowest BCUT2D eigenvalue weighted by molar-refractivity contribution is -0.175. The molecule has 27 heavy (non-hydrogen) atoms. The maximum absolute atomic E-state index is 9.92. The van der Waals surface area contributed by atoms with Gasteiger partial charge in [-0.2, -0.15) is 0 Å². The SMILES string of the molecule is CC(C)=CCC/C(C)=C\CC/C(C)=C/CO[C@@H]1O[C@H](C(O)CO)[C@@H](O)[C@H]1O. The fourth-order valence-corrected chi connectivity index (χ4v) is 2.86. The standard InChI is InChI=1S/C21H36O6/c1-14(2)7-5-8-15(3)9-6-10-16(4)11-12-26-21-19(25)18(24)20(27-21)17(23)13-22/h7,9,11,17-25H,5-6,8,10,12-13H2,1-4H3/b15-9-,16-11+/t17?,18-,19+,20+,21+/m0/s1. The number of ether oxygens (including phenoxy) is 2. The van der Waals surface area contributed by atoms with Crippen molar-refractivity contribution >= 4 is 0 Å². The second-order valence-electron chi connectivity index (χ2n) is 7.49. The fraction of sp³-hybridized carbons (Fsp3) is 0.714. The van der Waals surface area contributed by atoms with Crippen LogP contribution in [-0.2, 0) is 9.47 Å². The lowest BCUT2D eigenvalue weighted by Crippen LogP contribution is -2.40. The third-order valence-corrected chi connectivity index (χ3v) is 4.64. The lowest BCUT2D eigenvalue weighted by Gasteiger charge is -2.18. The molecule has 1 fully saturated rings. The van der Waals surface area contributed by atoms with Gasteiger partial charge < -0.3 is 29.9 Å². The summed E-state index contributed by atoms with van der Waals surface area (Å²) in [6, 6.07) is 0. The van der Waals surface area contributed by atoms with Crippen molar-refractivity contribution in [1.82, 2.24) is 0 Å². The lowest BCUT2D eigenvalue weighted by atomic mass is 10.1. The number of rotatable bonds is 11. The number of allylic oxidation sites excluding steroid dienone is 5. The molecule has 5 atom stereocenters. The Bertz CT molecular complexity index is 521. The predicted octanol–water partition coefficient (Wildman–Crippen LogP) is 2.22. The minimum Gasteiger partial charge on any atom is -0.394 e. The summed E-state index contributed by atoms with van der Waals surface area (Å²) in [6.07, 6.45) is 4.60. The summed E-state index contributed by atoms with van der Waals surface area (Å²) in [5, 5.41) is 38.3. The van der Waals surface area contributed by atoms with Crippen molar-refractivity contribution in [3.63, 3.8) is 0 Å². The second kappa shape index (κ2) is 12.4. The first-order valence-electron chi connectivity index (χ1n) is 9.63. The van der Waals surface area contributed by atoms with Gasteiger partial charge in [0, 0.05) is 0 Å². The molecular weight excluding hydrogens is 348 g/mol. The molecule has 0 bridgehead atoms. The highest BCUT2D eigenvalue weighted by Crippen LogP contribution is 2.24. The minimum absolute atomic E-state index is 0.242. The maximum atomic E-state index is 9.92. The van der Waals surface area contributed by atoms with E-state index in [4.69, 9.17) is 14.6 Å². The quantitative estimate of drug-likeness (QED) is 0.408. The fourth-order valence-electron chi connectivity index (χ4n) is 2.86. The molecule has 0 amide bonds. The zero-order valence-electron chi connectivity index (χ0n) is 17.0. The maximum Gasteiger partial charge on any atom is 0.187 e. The third-order valence-electron chi connectivity index (χ3n) is 4.64. The zero-order valence-corrected chi connectivity index (χ0v) is 17.0. The van der Waals surface area contributed by atoms with Crippen LogP contribution in [0.2, 0.25) is 0 Å². The van der Waals surface area contributed by atoms with E-state index >= 15 is 0 Å². The zero-order chi connectivity index (χ0) is 20.4. The van der Waals surface area contributed by atoms with Crippen LogP contribution in [0.25, 0.3) is 0 Å². The molecular formula is C21H36O6. The summed E-state index contributed by atoms with van der Waals surface area (Å²) < 4.78 is 10.8. The third kappa shape index (κ3) is 8.68. The Balaban J connectivity index is 2.33. The van der Waals surface area contributed by atoms with Gasteiger partial charge in [-0.05, 0) is 53.4 Å². The molecule has 0 radical (unpaired) electrons. The summed E-state index contributed by atoms with van der Waals surface area (Å²) in [5.74, 6) is 0. The van der Waals surface area contributed by atoms with E-state index < -0.39 is 37.3 Å². The van der Waals surface area contributed by atoms with Gasteiger partial charge in [0.05, 0.1) is 13.2 Å². The molecule has 6 heteroatoms. The van der Waals surface area contributed by atoms with E-state index in [1.165, 1.54) is 16.7 Å². The molecule has 1 heterocycles. The van der Waals surface area contributed by atoms with Gasteiger partial charge in [0.15, 0.2) is 6.29 Å². The summed E-state index contributed by atoms with van der Waals surface area (Å²) in [6.45, 7) is 8.09. The first-order chi connectivity index (χ1) is 12.8. The normalized spacial score (nSPS) is 27.7. The molecule has 156 valence electrons. The molecule has 0 saturated carbocycles. The number of aliphatic hydroxyl groups excluding tert-OH is 4. The summed E-state index contributed by atoms with van der Waals surface area (Å²) >= 11 is 0. The van der Waals surface area contributed by atoms with Crippen molar-refractivity contribution in [3.8, 4) is 0 Å². The van der Waals surface area contributed by atoms with Crippen LogP contribution in [0.1, 0.15) is 53.4 Å². The molecule has 0 aromatic rings. The van der Waals surface area contributed by atoms with Crippen molar-refractivity contribution in [1.29, 1.82) is 0 Å². The smallest absolute Gasteiger partial charge is 0.187 e. The van der Waals surface area contributed by atoms with Gasteiger partial charge in [-0.15, -0.1) is 0 Å². The van der Waals surface area contributed by atoms with Crippen LogP contribution >= 0.6 is 0 Å². The van der Waals surface area contributed by atoms with Gasteiger partial charge in [0.1, 0.15) is 24.4 Å². The molecule has 0 spiro atoms. The first kappa shape index (κ1) is 24.0. The highest BCUT2D eigenvalue weighted by atomic mass is 16.7. The van der Waals surface area contributed by atoms with E-state index in [9.17, 15) is 15.3 Å². The van der Waals surface area contributed by atoms with E-state index in [2.05, 4.69) is 32.9 Å². The number of hydrogen-bond donors (Lipinski definition) is 4. The first-order valence-corrected chi connectivity index (χ1v) is 9.63. The Morgan fingerprint density at radius 3 is 2.15 bits per heavy atom. The van der Waals surface area contributed by atoms with Crippen molar-refractivity contribution in [3.05, 3.63) is 34.9 Å². The predicted molar refractivity (Wildman–Crippen MR) is 105 cm³/mol. The molecule has 1 unspecified atom stereocenters. The van der Waals surface area contributed by atoms with Crippen LogP contribution in [0.5, 0.6) is 0 Å². The van der Waals surface area contributed by atoms with E-state index in [1.54, 1.807) is 0 Å². The minimum atomic E-state index is -1.29. The van der Waals surface area contributed by atoms with Crippen LogP contribution in [0, 0.1) is 0 Å². The largest absolute Gasteiger partial charge is 0.394 e. The van der Waals surface area contributed by atoms with Crippen molar-refractivity contribution in [2.24, 2.45) is 0 Å². The Kier molecular flexibility index (Phi) is 11.1. The molecule has 6 nitrogen and oxygen atoms in total. The molecule has 1 aliphatic rings. The monoisotopic (exact) mass is 384 g/mol. The van der Waals surface area contributed by atoms with Gasteiger partial charge in [-0.1, -0.05) is 34.9 Å². The van der Waals surface area contributed by atoms with Crippen LogP contribution in [0.3, 0.4) is 0 Å². The Labute approximate surface area is 162 Å². The molecule has 1 aliphatic heterocycles.